The topological polar surface area (TPSA) is 61.4 Å². The van der Waals surface area contributed by atoms with Gasteiger partial charge in [0.15, 0.2) is 0 Å². The third-order valence-electron chi connectivity index (χ3n) is 3.91. The number of rotatable bonds is 6. The molecule has 0 spiro atoms. The van der Waals surface area contributed by atoms with Crippen molar-refractivity contribution in [3.05, 3.63) is 0 Å². The summed E-state index contributed by atoms with van der Waals surface area (Å²) in [4.78, 5) is 25.1. The van der Waals surface area contributed by atoms with Crippen LogP contribution in [0.15, 0.2) is 0 Å². The van der Waals surface area contributed by atoms with Gasteiger partial charge in [-0.2, -0.15) is 0 Å². The molecule has 1 heterocycles. The van der Waals surface area contributed by atoms with Crippen LogP contribution in [0.2, 0.25) is 0 Å². The molecule has 1 unspecified atom stereocenters. The van der Waals surface area contributed by atoms with Gasteiger partial charge in [-0.05, 0) is 51.1 Å². The van der Waals surface area contributed by atoms with Gasteiger partial charge in [0, 0.05) is 19.5 Å². The first-order valence-electron chi connectivity index (χ1n) is 7.39. The summed E-state index contributed by atoms with van der Waals surface area (Å²) in [5.41, 5.74) is 0. The summed E-state index contributed by atoms with van der Waals surface area (Å²) in [6, 6.07) is 0.365. The zero-order valence-corrected chi connectivity index (χ0v) is 11.8. The second-order valence-corrected chi connectivity index (χ2v) is 5.84. The van der Waals surface area contributed by atoms with Crippen LogP contribution in [0.5, 0.6) is 0 Å². The maximum atomic E-state index is 11.9. The molecule has 108 valence electrons. The van der Waals surface area contributed by atoms with Gasteiger partial charge in [-0.3, -0.25) is 9.59 Å². The minimum atomic E-state index is -0.0299. The minimum absolute atomic E-state index is 0.0299. The largest absolute Gasteiger partial charge is 0.352 e. The van der Waals surface area contributed by atoms with Crippen molar-refractivity contribution >= 4 is 11.8 Å². The van der Waals surface area contributed by atoms with Crippen LogP contribution < -0.4 is 10.6 Å². The molecule has 19 heavy (non-hydrogen) atoms. The Hall–Kier alpha value is -1.10. The van der Waals surface area contributed by atoms with E-state index in [9.17, 15) is 9.59 Å². The van der Waals surface area contributed by atoms with Crippen molar-refractivity contribution in [3.8, 4) is 0 Å². The second kappa shape index (κ2) is 6.89. The number of amides is 2. The lowest BCUT2D eigenvalue weighted by molar-refractivity contribution is -0.135. The van der Waals surface area contributed by atoms with Gasteiger partial charge < -0.3 is 15.5 Å². The Kier molecular flexibility index (Phi) is 5.19. The number of likely N-dealkylation sites (N-methyl/N-ethyl adjacent to an activating group) is 1. The number of carbonyl (C=O) groups excluding carboxylic acids is 2. The van der Waals surface area contributed by atoms with E-state index in [2.05, 4.69) is 10.6 Å². The Morgan fingerprint density at radius 2 is 2.11 bits per heavy atom. The molecule has 5 nitrogen and oxygen atoms in total. The van der Waals surface area contributed by atoms with Gasteiger partial charge in [0.2, 0.25) is 11.8 Å². The minimum Gasteiger partial charge on any atom is -0.352 e. The molecule has 1 atom stereocenters. The average Bonchev–Trinajstić information content (AvgIpc) is 3.20. The zero-order chi connectivity index (χ0) is 13.7. The Bertz CT molecular complexity index is 323. The van der Waals surface area contributed by atoms with E-state index in [1.807, 2.05) is 0 Å². The molecule has 0 aromatic rings. The number of carbonyl (C=O) groups is 2. The fourth-order valence-electron chi connectivity index (χ4n) is 2.49. The highest BCUT2D eigenvalue weighted by Gasteiger charge is 2.24. The van der Waals surface area contributed by atoms with E-state index in [0.29, 0.717) is 18.4 Å². The first-order chi connectivity index (χ1) is 9.15. The molecule has 2 rings (SSSR count). The first-order valence-corrected chi connectivity index (χ1v) is 7.39. The molecule has 5 heteroatoms. The molecule has 2 amide bonds. The van der Waals surface area contributed by atoms with Gasteiger partial charge >= 0.3 is 0 Å². The summed E-state index contributed by atoms with van der Waals surface area (Å²) in [5.74, 6) is 0.667. The van der Waals surface area contributed by atoms with Gasteiger partial charge in [0.05, 0.1) is 6.54 Å². The highest BCUT2D eigenvalue weighted by atomic mass is 16.2. The molecule has 0 aromatic carbocycles. The van der Waals surface area contributed by atoms with Gasteiger partial charge in [-0.25, -0.2) is 0 Å². The Morgan fingerprint density at radius 3 is 2.74 bits per heavy atom. The summed E-state index contributed by atoms with van der Waals surface area (Å²) in [6.45, 7) is 2.32. The maximum Gasteiger partial charge on any atom is 0.239 e. The van der Waals surface area contributed by atoms with Crippen molar-refractivity contribution in [2.45, 2.75) is 44.6 Å². The zero-order valence-electron chi connectivity index (χ0n) is 11.8. The molecule has 0 bridgehead atoms. The SMILES string of the molecule is CN(CC(=O)NC1CC1)C(=O)CCC1CCCNC1. The van der Waals surface area contributed by atoms with Crippen LogP contribution in [-0.2, 0) is 9.59 Å². The Morgan fingerprint density at radius 1 is 1.32 bits per heavy atom. The molecular formula is C14H25N3O2. The Balaban J connectivity index is 1.61. The van der Waals surface area contributed by atoms with Crippen molar-refractivity contribution in [1.29, 1.82) is 0 Å². The predicted molar refractivity (Wildman–Crippen MR) is 73.6 cm³/mol. The second-order valence-electron chi connectivity index (χ2n) is 5.84. The van der Waals surface area contributed by atoms with E-state index in [1.165, 1.54) is 12.8 Å². The van der Waals surface area contributed by atoms with E-state index >= 15 is 0 Å². The van der Waals surface area contributed by atoms with Crippen molar-refractivity contribution in [2.24, 2.45) is 5.92 Å². The summed E-state index contributed by atoms with van der Waals surface area (Å²) in [6.07, 6.45) is 6.07. The molecule has 1 aliphatic heterocycles. The summed E-state index contributed by atoms with van der Waals surface area (Å²) in [5, 5.41) is 6.26. The van der Waals surface area contributed by atoms with Crippen LogP contribution in [0.4, 0.5) is 0 Å². The van der Waals surface area contributed by atoms with Gasteiger partial charge in [-0.15, -0.1) is 0 Å². The van der Waals surface area contributed by atoms with Gasteiger partial charge in [-0.1, -0.05) is 0 Å². The lowest BCUT2D eigenvalue weighted by Gasteiger charge is -2.23. The smallest absolute Gasteiger partial charge is 0.239 e. The molecule has 2 fully saturated rings. The number of piperidine rings is 1. The summed E-state index contributed by atoms with van der Waals surface area (Å²) in [7, 11) is 1.72. The van der Waals surface area contributed by atoms with Crippen LogP contribution >= 0.6 is 0 Å². The molecule has 2 N–H and O–H groups in total. The quantitative estimate of drug-likeness (QED) is 0.737. The van der Waals surface area contributed by atoms with Gasteiger partial charge in [0.1, 0.15) is 0 Å². The molecular weight excluding hydrogens is 242 g/mol. The lowest BCUT2D eigenvalue weighted by atomic mass is 9.94. The first kappa shape index (κ1) is 14.3. The number of hydrogen-bond acceptors (Lipinski definition) is 3. The predicted octanol–water partition coefficient (Wildman–Crippen LogP) is 0.503. The number of nitrogens with zero attached hydrogens (tertiary/aromatic N) is 1. The fourth-order valence-corrected chi connectivity index (χ4v) is 2.49. The fraction of sp³-hybridized carbons (Fsp3) is 0.857. The van der Waals surface area contributed by atoms with E-state index in [4.69, 9.17) is 0 Å². The van der Waals surface area contributed by atoms with Crippen molar-refractivity contribution in [2.75, 3.05) is 26.7 Å². The molecule has 1 aliphatic carbocycles. The third-order valence-corrected chi connectivity index (χ3v) is 3.91. The molecule has 0 radical (unpaired) electrons. The molecule has 1 saturated carbocycles. The van der Waals surface area contributed by atoms with Crippen LogP contribution in [0.25, 0.3) is 0 Å². The van der Waals surface area contributed by atoms with E-state index in [1.54, 1.807) is 11.9 Å². The molecule has 0 aromatic heterocycles. The average molecular weight is 267 g/mol. The van der Waals surface area contributed by atoms with Crippen LogP contribution in [0.1, 0.15) is 38.5 Å². The normalized spacial score (nSPS) is 22.9. The van der Waals surface area contributed by atoms with E-state index in [-0.39, 0.29) is 18.4 Å². The monoisotopic (exact) mass is 267 g/mol. The summed E-state index contributed by atoms with van der Waals surface area (Å²) < 4.78 is 0. The molecule has 1 saturated heterocycles. The third kappa shape index (κ3) is 5.19. The van der Waals surface area contributed by atoms with Crippen molar-refractivity contribution in [3.63, 3.8) is 0 Å². The Labute approximate surface area is 115 Å². The van der Waals surface area contributed by atoms with Gasteiger partial charge in [0.25, 0.3) is 0 Å². The van der Waals surface area contributed by atoms with Crippen molar-refractivity contribution in [1.82, 2.24) is 15.5 Å². The number of nitrogens with one attached hydrogen (secondary N) is 2. The highest BCUT2D eigenvalue weighted by Crippen LogP contribution is 2.18. The molecule has 2 aliphatic rings. The number of hydrogen-bond donors (Lipinski definition) is 2. The summed E-state index contributed by atoms with van der Waals surface area (Å²) >= 11 is 0. The highest BCUT2D eigenvalue weighted by molar-refractivity contribution is 5.84. The van der Waals surface area contributed by atoms with Crippen LogP contribution in [-0.4, -0.2) is 49.4 Å². The maximum absolute atomic E-state index is 11.9. The van der Waals surface area contributed by atoms with Crippen molar-refractivity contribution < 1.29 is 9.59 Å². The van der Waals surface area contributed by atoms with Crippen LogP contribution in [0, 0.1) is 5.92 Å². The van der Waals surface area contributed by atoms with E-state index in [0.717, 1.165) is 32.4 Å². The van der Waals surface area contributed by atoms with E-state index < -0.39 is 0 Å². The standard InChI is InChI=1S/C14H25N3O2/c1-17(10-13(18)16-12-5-6-12)14(19)7-4-11-3-2-8-15-9-11/h11-12,15H,2-10H2,1H3,(H,16,18). The van der Waals surface area contributed by atoms with Crippen LogP contribution in [0.3, 0.4) is 0 Å². The lowest BCUT2D eigenvalue weighted by Crippen LogP contribution is -2.39.